The number of benzene rings is 2. The van der Waals surface area contributed by atoms with Crippen LogP contribution < -0.4 is 19.2 Å². The average molecular weight is 762 g/mol. The number of carbonyl (C=O) groups is 2. The minimum atomic E-state index is -4.31. The molecule has 0 spiro atoms. The third-order valence-corrected chi connectivity index (χ3v) is 11.7. The zero-order chi connectivity index (χ0) is 35.5. The van der Waals surface area contributed by atoms with Gasteiger partial charge in [0.15, 0.2) is 29.3 Å². The van der Waals surface area contributed by atoms with Gasteiger partial charge in [0, 0.05) is 38.4 Å². The van der Waals surface area contributed by atoms with Gasteiger partial charge < -0.3 is 23.8 Å². The number of carbonyl (C=O) groups excluding carboxylic acids is 2. The molecule has 1 aliphatic heterocycles. The maximum atomic E-state index is 13.9. The van der Waals surface area contributed by atoms with Gasteiger partial charge in [-0.25, -0.2) is 18.2 Å². The number of ether oxygens (including phenoxy) is 4. The molecule has 2 atom stereocenters. The molecule has 1 aromatic heterocycles. The Morgan fingerprint density at radius 2 is 1.76 bits per heavy atom. The molecule has 1 unspecified atom stereocenters. The van der Waals surface area contributed by atoms with Crippen LogP contribution >= 0.6 is 35.0 Å². The Hall–Kier alpha value is -3.37. The van der Waals surface area contributed by atoms with E-state index in [1.165, 1.54) is 74.9 Å². The summed E-state index contributed by atoms with van der Waals surface area (Å²) in [5.41, 5.74) is 0.806. The standard InChI is InChI=1S/C32H33Cl2F2N3O8S2/c1-38(2)29(40)22-13-20(7-9-25(22)44-3)49(42,43)39-10-11-48-30(39)31(41)46-27(14-21-23(33)15-37-16-24(21)34)19-6-8-26(47-32(35)36)28(12-19)45-17-18-4-5-18/h6-9,12-13,15-16,18,27,30,32H,4-5,10-11,14,17H2,1-3H3/p+1/t27-,30?/m0/s1. The number of halogens is 4. The largest absolute Gasteiger partial charge is 0.496 e. The number of rotatable bonds is 14. The molecule has 5 rings (SSSR count). The van der Waals surface area contributed by atoms with Crippen LogP contribution in [0.25, 0.3) is 0 Å². The number of nitrogens with zero attached hydrogens (tertiary/aromatic N) is 2. The van der Waals surface area contributed by atoms with Gasteiger partial charge in [-0.15, -0.1) is 11.8 Å². The van der Waals surface area contributed by atoms with Crippen LogP contribution in [0.15, 0.2) is 53.7 Å². The number of nitrogens with one attached hydrogen (secondary N) is 1. The van der Waals surface area contributed by atoms with E-state index in [1.54, 1.807) is 0 Å². The highest BCUT2D eigenvalue weighted by atomic mass is 35.5. The molecule has 0 radical (unpaired) electrons. The van der Waals surface area contributed by atoms with Crippen molar-refractivity contribution in [2.75, 3.05) is 40.1 Å². The maximum absolute atomic E-state index is 13.9. The van der Waals surface area contributed by atoms with Gasteiger partial charge in [0.2, 0.25) is 10.0 Å². The molecule has 17 heteroatoms. The number of hydrogen-bond acceptors (Lipinski definition) is 9. The molecule has 264 valence electrons. The van der Waals surface area contributed by atoms with Crippen LogP contribution in [0.5, 0.6) is 17.2 Å². The van der Waals surface area contributed by atoms with Gasteiger partial charge in [0.1, 0.15) is 21.9 Å². The molecule has 2 aliphatic rings. The highest BCUT2D eigenvalue weighted by Crippen LogP contribution is 2.39. The summed E-state index contributed by atoms with van der Waals surface area (Å²) in [5.74, 6) is -0.731. The number of pyridine rings is 1. The van der Waals surface area contributed by atoms with E-state index < -0.39 is 40.0 Å². The quantitative estimate of drug-likeness (QED) is 0.196. The van der Waals surface area contributed by atoms with E-state index in [0.29, 0.717) is 23.7 Å². The molecule has 0 bridgehead atoms. The normalized spacial score (nSPS) is 17.1. The van der Waals surface area contributed by atoms with Crippen molar-refractivity contribution in [3.05, 3.63) is 75.5 Å². The Kier molecular flexibility index (Phi) is 11.8. The summed E-state index contributed by atoms with van der Waals surface area (Å²) >= 11 is 14.0. The van der Waals surface area contributed by atoms with Gasteiger partial charge in [-0.05, 0) is 54.7 Å². The van der Waals surface area contributed by atoms with E-state index in [2.05, 4.69) is 9.72 Å². The monoisotopic (exact) mass is 760 g/mol. The van der Waals surface area contributed by atoms with Crippen molar-refractivity contribution in [1.82, 2.24) is 9.21 Å². The van der Waals surface area contributed by atoms with Gasteiger partial charge in [0.05, 0.1) is 24.2 Å². The third kappa shape index (κ3) is 8.69. The molecular weight excluding hydrogens is 727 g/mol. The summed E-state index contributed by atoms with van der Waals surface area (Å²) < 4.78 is 77.2. The fourth-order valence-corrected chi connectivity index (χ4v) is 8.69. The lowest BCUT2D eigenvalue weighted by atomic mass is 10.0. The lowest BCUT2D eigenvalue weighted by Gasteiger charge is -2.26. The molecular formula is C32H34Cl2F2N3O8S2+. The van der Waals surface area contributed by atoms with Crippen LogP contribution in [-0.2, 0) is 26.0 Å². The van der Waals surface area contributed by atoms with Crippen molar-refractivity contribution in [3.63, 3.8) is 0 Å². The molecule has 11 nitrogen and oxygen atoms in total. The van der Waals surface area contributed by atoms with Crippen LogP contribution in [-0.4, -0.2) is 81.6 Å². The summed E-state index contributed by atoms with van der Waals surface area (Å²) in [6.45, 7) is -2.82. The van der Waals surface area contributed by atoms with Crippen molar-refractivity contribution < 1.29 is 50.7 Å². The van der Waals surface area contributed by atoms with Crippen LogP contribution in [0, 0.1) is 5.92 Å². The number of aromatic nitrogens is 1. The van der Waals surface area contributed by atoms with Gasteiger partial charge in [-0.1, -0.05) is 29.3 Å². The van der Waals surface area contributed by atoms with Crippen molar-refractivity contribution in [3.8, 4) is 17.2 Å². The Labute approximate surface area is 296 Å². The number of methoxy groups -OCH3 is 1. The predicted molar refractivity (Wildman–Crippen MR) is 178 cm³/mol. The highest BCUT2D eigenvalue weighted by Gasteiger charge is 2.42. The molecule has 2 fully saturated rings. The average Bonchev–Trinajstić information content (AvgIpc) is 3.76. The molecule has 49 heavy (non-hydrogen) atoms. The van der Waals surface area contributed by atoms with Crippen LogP contribution in [0.3, 0.4) is 0 Å². The van der Waals surface area contributed by atoms with Crippen molar-refractivity contribution in [1.29, 1.82) is 0 Å². The predicted octanol–water partition coefficient (Wildman–Crippen LogP) is 5.50. The Balaban J connectivity index is 1.47. The molecule has 1 N–H and O–H groups in total. The summed E-state index contributed by atoms with van der Waals surface area (Å²) in [7, 11) is 0.104. The molecule has 2 aromatic carbocycles. The number of esters is 1. The molecule has 2 heterocycles. The first-order valence-corrected chi connectivity index (χ1v) is 18.3. The lowest BCUT2D eigenvalue weighted by Crippen LogP contribution is -2.40. The number of thioether (sulfide) groups is 1. The van der Waals surface area contributed by atoms with E-state index >= 15 is 0 Å². The Morgan fingerprint density at radius 1 is 1.06 bits per heavy atom. The van der Waals surface area contributed by atoms with E-state index in [9.17, 15) is 26.8 Å². The van der Waals surface area contributed by atoms with E-state index in [0.717, 1.165) is 28.9 Å². The third-order valence-electron chi connectivity index (χ3n) is 7.84. The number of hydrogen-bond donors (Lipinski definition) is 0. The zero-order valence-electron chi connectivity index (χ0n) is 26.7. The summed E-state index contributed by atoms with van der Waals surface area (Å²) in [5, 5.41) is -0.790. The van der Waals surface area contributed by atoms with Gasteiger partial charge in [0.25, 0.3) is 5.91 Å². The van der Waals surface area contributed by atoms with Crippen molar-refractivity contribution >= 4 is 56.9 Å². The van der Waals surface area contributed by atoms with Gasteiger partial charge in [-0.3, -0.25) is 4.79 Å². The summed E-state index contributed by atoms with van der Waals surface area (Å²) in [6.07, 6.45) is 3.75. The van der Waals surface area contributed by atoms with Crippen molar-refractivity contribution in [2.45, 2.75) is 42.2 Å². The number of sulfonamides is 1. The molecule has 1 saturated heterocycles. The Bertz CT molecular complexity index is 1790. The molecule has 1 aliphatic carbocycles. The second-order valence-corrected chi connectivity index (χ2v) is 15.4. The number of aromatic amines is 1. The van der Waals surface area contributed by atoms with E-state index in [4.69, 9.17) is 37.4 Å². The number of H-pyrrole nitrogens is 1. The molecule has 1 saturated carbocycles. The number of alkyl halides is 2. The van der Waals surface area contributed by atoms with Crippen LogP contribution in [0.1, 0.15) is 40.4 Å². The smallest absolute Gasteiger partial charge is 0.387 e. The minimum Gasteiger partial charge on any atom is -0.496 e. The first-order valence-electron chi connectivity index (χ1n) is 15.1. The number of amides is 1. The topological polar surface area (TPSA) is 126 Å². The molecule has 1 amide bonds. The first-order chi connectivity index (χ1) is 23.3. The highest BCUT2D eigenvalue weighted by molar-refractivity contribution is 8.02. The Morgan fingerprint density at radius 3 is 2.39 bits per heavy atom. The van der Waals surface area contributed by atoms with E-state index in [-0.39, 0.29) is 56.5 Å². The fraction of sp³-hybridized carbons (Fsp3) is 0.406. The second kappa shape index (κ2) is 15.7. The van der Waals surface area contributed by atoms with Gasteiger partial charge in [-0.2, -0.15) is 13.1 Å². The minimum absolute atomic E-state index is 0.00851. The van der Waals surface area contributed by atoms with Gasteiger partial charge >= 0.3 is 12.6 Å². The fourth-order valence-electron chi connectivity index (χ4n) is 5.08. The van der Waals surface area contributed by atoms with E-state index in [1.807, 2.05) is 0 Å². The summed E-state index contributed by atoms with van der Waals surface area (Å²) in [6, 6.07) is 8.10. The summed E-state index contributed by atoms with van der Waals surface area (Å²) in [4.78, 5) is 30.6. The van der Waals surface area contributed by atoms with Crippen molar-refractivity contribution in [2.24, 2.45) is 5.92 Å². The zero-order valence-corrected chi connectivity index (χ0v) is 29.8. The molecule has 3 aromatic rings. The SMILES string of the molecule is COc1ccc(S(=O)(=O)N2CCSC2C(=O)O[C@@H](Cc2c(Cl)c[nH+]cc2Cl)c2ccc(OC(F)F)c(OCC3CC3)c2)cc1C(=O)N(C)C. The second-order valence-electron chi connectivity index (χ2n) is 11.5. The van der Waals surface area contributed by atoms with Crippen LogP contribution in [0.4, 0.5) is 8.78 Å². The van der Waals surface area contributed by atoms with Crippen LogP contribution in [0.2, 0.25) is 10.0 Å². The first kappa shape index (κ1) is 36.9. The maximum Gasteiger partial charge on any atom is 0.387 e. The lowest BCUT2D eigenvalue weighted by molar-refractivity contribution is -0.377.